The summed E-state index contributed by atoms with van der Waals surface area (Å²) in [6, 6.07) is 13.3. The predicted molar refractivity (Wildman–Crippen MR) is 165 cm³/mol. The Labute approximate surface area is 258 Å². The second kappa shape index (κ2) is 12.8. The van der Waals surface area contributed by atoms with Crippen molar-refractivity contribution in [3.05, 3.63) is 65.0 Å². The summed E-state index contributed by atoms with van der Waals surface area (Å²) in [4.78, 5) is 77.9. The molecule has 4 N–H and O–H groups in total. The van der Waals surface area contributed by atoms with Crippen molar-refractivity contribution < 1.29 is 38.6 Å². The maximum Gasteiger partial charge on any atom is 0.335 e. The molecule has 2 aliphatic rings. The Morgan fingerprint density at radius 3 is 2.48 bits per heavy atom. The maximum absolute atomic E-state index is 14.1. The van der Waals surface area contributed by atoms with Gasteiger partial charge in [0, 0.05) is 43.5 Å². The summed E-state index contributed by atoms with van der Waals surface area (Å²) in [6.45, 7) is 1.00. The maximum atomic E-state index is 14.1. The van der Waals surface area contributed by atoms with E-state index in [-0.39, 0.29) is 34.8 Å². The Hall–Kier alpha value is -3.61. The van der Waals surface area contributed by atoms with Crippen molar-refractivity contribution in [3.8, 4) is 0 Å². The minimum atomic E-state index is -4.61. The number of fused-ring (bicyclic) bond motifs is 2. The molecule has 44 heavy (non-hydrogen) atoms. The summed E-state index contributed by atoms with van der Waals surface area (Å²) in [6.07, 6.45) is 1.58. The van der Waals surface area contributed by atoms with E-state index in [1.807, 2.05) is 30.3 Å². The van der Waals surface area contributed by atoms with Crippen molar-refractivity contribution in [1.29, 1.82) is 0 Å². The lowest BCUT2D eigenvalue weighted by Gasteiger charge is -2.39. The Morgan fingerprint density at radius 1 is 1.09 bits per heavy atom. The minimum absolute atomic E-state index is 0.0475. The summed E-state index contributed by atoms with van der Waals surface area (Å²) in [5.74, 6) is -1.43. The van der Waals surface area contributed by atoms with Gasteiger partial charge in [-0.1, -0.05) is 24.3 Å². The molecule has 0 bridgehead atoms. The van der Waals surface area contributed by atoms with Crippen LogP contribution >= 0.6 is 18.9 Å². The molecule has 0 aliphatic carbocycles. The number of para-hydroxylation sites is 1. The molecule has 3 aromatic rings. The number of carbonyl (C=O) groups excluding carboxylic acids is 4. The van der Waals surface area contributed by atoms with Crippen molar-refractivity contribution in [2.45, 2.75) is 50.0 Å². The first-order valence-corrected chi connectivity index (χ1v) is 16.8. The highest BCUT2D eigenvalue weighted by molar-refractivity contribution is 7.52. The number of amides is 4. The Morgan fingerprint density at radius 2 is 1.82 bits per heavy atom. The van der Waals surface area contributed by atoms with Crippen LogP contribution in [0, 0.1) is 0 Å². The lowest BCUT2D eigenvalue weighted by Crippen LogP contribution is -2.61. The van der Waals surface area contributed by atoms with E-state index in [9.17, 15) is 38.6 Å². The first-order valence-electron chi connectivity index (χ1n) is 14.3. The molecule has 2 aromatic carbocycles. The third-order valence-electron chi connectivity index (χ3n) is 8.43. The number of hydrogen-bond donors (Lipinski definition) is 4. The number of nitrogens with one attached hydrogen (secondary N) is 1. The number of thiophene rings is 1. The molecule has 1 unspecified atom stereocenters. The van der Waals surface area contributed by atoms with Crippen LogP contribution < -0.4 is 10.2 Å². The van der Waals surface area contributed by atoms with Crippen LogP contribution in [0.15, 0.2) is 54.6 Å². The smallest absolute Gasteiger partial charge is 0.335 e. The third-order valence-corrected chi connectivity index (χ3v) is 10.8. The van der Waals surface area contributed by atoms with Gasteiger partial charge in [0.05, 0.1) is 11.5 Å². The molecular weight excluding hydrogens is 607 g/mol. The van der Waals surface area contributed by atoms with Gasteiger partial charge in [-0.2, -0.15) is 0 Å². The third kappa shape index (κ3) is 6.43. The fourth-order valence-electron chi connectivity index (χ4n) is 6.03. The van der Waals surface area contributed by atoms with E-state index in [2.05, 4.69) is 5.32 Å². The van der Waals surface area contributed by atoms with Gasteiger partial charge in [0.15, 0.2) is 0 Å². The lowest BCUT2D eigenvalue weighted by molar-refractivity contribution is -0.144. The van der Waals surface area contributed by atoms with Crippen molar-refractivity contribution in [3.63, 3.8) is 0 Å². The molecule has 0 saturated carbocycles. The monoisotopic (exact) mass is 642 g/mol. The minimum Gasteiger partial charge on any atom is -0.395 e. The summed E-state index contributed by atoms with van der Waals surface area (Å²) in [5.41, 5.74) is -0.451. The van der Waals surface area contributed by atoms with Crippen molar-refractivity contribution in [2.24, 2.45) is 0 Å². The number of aliphatic hydroxyl groups is 1. The van der Waals surface area contributed by atoms with Crippen LogP contribution in [0.2, 0.25) is 0 Å². The molecular formula is C30H35N4O8PS. The van der Waals surface area contributed by atoms with Gasteiger partial charge in [-0.3, -0.25) is 23.7 Å². The molecule has 0 spiro atoms. The largest absolute Gasteiger partial charge is 0.395 e. The zero-order valence-corrected chi connectivity index (χ0v) is 26.0. The second-order valence-corrected chi connectivity index (χ2v) is 14.1. The van der Waals surface area contributed by atoms with E-state index in [0.717, 1.165) is 11.3 Å². The highest BCUT2D eigenvalue weighted by atomic mass is 32.1. The zero-order valence-electron chi connectivity index (χ0n) is 24.3. The Kier molecular flexibility index (Phi) is 9.24. The van der Waals surface area contributed by atoms with Crippen LogP contribution in [0.1, 0.15) is 47.1 Å². The molecule has 4 amide bonds. The van der Waals surface area contributed by atoms with Crippen molar-refractivity contribution in [2.75, 3.05) is 31.6 Å². The number of nitrogens with zero attached hydrogens (tertiary/aromatic N) is 3. The summed E-state index contributed by atoms with van der Waals surface area (Å²) in [7, 11) is -2.94. The van der Waals surface area contributed by atoms with Crippen LogP contribution in [0.5, 0.6) is 0 Å². The fraction of sp³-hybridized carbons (Fsp3) is 0.400. The van der Waals surface area contributed by atoms with Gasteiger partial charge in [0.25, 0.3) is 5.91 Å². The number of rotatable bonds is 7. The molecule has 12 nitrogen and oxygen atoms in total. The van der Waals surface area contributed by atoms with Crippen LogP contribution in [-0.2, 0) is 18.9 Å². The first-order chi connectivity index (χ1) is 20.9. The van der Waals surface area contributed by atoms with Crippen molar-refractivity contribution in [1.82, 2.24) is 15.1 Å². The summed E-state index contributed by atoms with van der Waals surface area (Å²) < 4.78 is 12.5. The highest BCUT2D eigenvalue weighted by Gasteiger charge is 2.46. The van der Waals surface area contributed by atoms with Crippen LogP contribution in [0.3, 0.4) is 0 Å². The first kappa shape index (κ1) is 31.8. The SMILES string of the molecule is CC(=O)N1CC[C@H]2CC[C@@H](C(=O)N(C)c3ccccc3)N2C(=O)[C@@H](NC(=O)c2cc3cc(C(CO)P(=O)(O)O)ccc3s2)C1. The average Bonchev–Trinajstić information content (AvgIpc) is 3.61. The van der Waals surface area contributed by atoms with E-state index in [1.165, 1.54) is 24.0 Å². The van der Waals surface area contributed by atoms with Crippen LogP contribution in [0.25, 0.3) is 10.1 Å². The summed E-state index contributed by atoms with van der Waals surface area (Å²) in [5, 5.41) is 12.9. The fourth-order valence-corrected chi connectivity index (χ4v) is 7.74. The standard InChI is InChI=1S/C30H35N4O8PS/c1-18(36)33-13-12-22-9-10-24(30(39)32(2)21-6-4-3-5-7-21)34(22)29(38)23(16-33)31-28(37)27-15-20-14-19(8-11-26(20)44-27)25(17-35)43(40,41)42/h3-8,11,14-15,22-25,35H,9-10,12-13,16-17H2,1-2H3,(H,31,37)(H2,40,41,42)/t22-,23+,24+,25?/m1/s1. The van der Waals surface area contributed by atoms with Crippen LogP contribution in [-0.4, -0.2) is 93.2 Å². The van der Waals surface area contributed by atoms with Gasteiger partial charge in [-0.25, -0.2) is 0 Å². The van der Waals surface area contributed by atoms with Gasteiger partial charge >= 0.3 is 7.60 Å². The molecule has 2 fully saturated rings. The quantitative estimate of drug-likeness (QED) is 0.285. The number of hydrogen-bond acceptors (Lipinski definition) is 7. The molecule has 3 heterocycles. The molecule has 0 radical (unpaired) electrons. The number of benzene rings is 2. The van der Waals surface area contributed by atoms with Gasteiger partial charge < -0.3 is 34.9 Å². The van der Waals surface area contributed by atoms with Crippen molar-refractivity contribution >= 4 is 58.3 Å². The van der Waals surface area contributed by atoms with Gasteiger partial charge in [-0.05, 0) is 60.5 Å². The second-order valence-electron chi connectivity index (χ2n) is 11.2. The van der Waals surface area contributed by atoms with Gasteiger partial charge in [0.1, 0.15) is 17.7 Å². The Balaban J connectivity index is 1.41. The normalized spacial score (nSPS) is 21.4. The highest BCUT2D eigenvalue weighted by Crippen LogP contribution is 2.51. The molecule has 14 heteroatoms. The molecule has 2 aliphatic heterocycles. The molecule has 4 atom stereocenters. The lowest BCUT2D eigenvalue weighted by atomic mass is 10.1. The number of likely N-dealkylation sites (N-methyl/N-ethyl adjacent to an activating group) is 1. The Bertz CT molecular complexity index is 1630. The van der Waals surface area contributed by atoms with E-state index in [4.69, 9.17) is 0 Å². The molecule has 1 aromatic heterocycles. The molecule has 234 valence electrons. The zero-order chi connectivity index (χ0) is 31.8. The average molecular weight is 643 g/mol. The van der Waals surface area contributed by atoms with Gasteiger partial charge in [-0.15, -0.1) is 11.3 Å². The van der Waals surface area contributed by atoms with Crippen LogP contribution in [0.4, 0.5) is 5.69 Å². The number of anilines is 1. The van der Waals surface area contributed by atoms with E-state index in [0.29, 0.717) is 41.6 Å². The molecule has 2 saturated heterocycles. The summed E-state index contributed by atoms with van der Waals surface area (Å²) >= 11 is 1.14. The predicted octanol–water partition coefficient (Wildman–Crippen LogP) is 2.49. The molecule has 5 rings (SSSR count). The van der Waals surface area contributed by atoms with E-state index >= 15 is 0 Å². The number of carbonyl (C=O) groups is 4. The topological polar surface area (TPSA) is 168 Å². The van der Waals surface area contributed by atoms with E-state index in [1.54, 1.807) is 29.0 Å². The van der Waals surface area contributed by atoms with Gasteiger partial charge in [0.2, 0.25) is 17.7 Å². The van der Waals surface area contributed by atoms with E-state index < -0.39 is 43.8 Å². The number of aliphatic hydroxyl groups excluding tert-OH is 1.